The van der Waals surface area contributed by atoms with Crippen LogP contribution in [0.25, 0.3) is 0 Å². The number of nitrogens with zero attached hydrogens (tertiary/aromatic N) is 2. The maximum Gasteiger partial charge on any atom is 0.254 e. The number of hydrogen-bond acceptors (Lipinski definition) is 6. The van der Waals surface area contributed by atoms with E-state index < -0.39 is 10.0 Å². The molecule has 0 atom stereocenters. The number of ether oxygens (including phenoxy) is 2. The van der Waals surface area contributed by atoms with E-state index in [0.29, 0.717) is 22.7 Å². The molecule has 0 saturated carbocycles. The Hall–Kier alpha value is -3.11. The molecular formula is C22H27N3O6S. The highest BCUT2D eigenvalue weighted by Crippen LogP contribution is 2.31. The van der Waals surface area contributed by atoms with Crippen LogP contribution in [0.2, 0.25) is 0 Å². The lowest BCUT2D eigenvalue weighted by Gasteiger charge is -2.34. The Morgan fingerprint density at radius 2 is 1.59 bits per heavy atom. The maximum absolute atomic E-state index is 13.1. The van der Waals surface area contributed by atoms with Gasteiger partial charge in [0.05, 0.1) is 19.1 Å². The zero-order valence-electron chi connectivity index (χ0n) is 18.5. The van der Waals surface area contributed by atoms with E-state index in [-0.39, 0.29) is 42.9 Å². The van der Waals surface area contributed by atoms with Gasteiger partial charge in [0.25, 0.3) is 5.91 Å². The van der Waals surface area contributed by atoms with Gasteiger partial charge in [-0.25, -0.2) is 8.42 Å². The van der Waals surface area contributed by atoms with Crippen LogP contribution >= 0.6 is 0 Å². The topological polar surface area (TPSA) is 105 Å². The van der Waals surface area contributed by atoms with E-state index in [1.807, 2.05) is 6.92 Å². The Morgan fingerprint density at radius 1 is 0.938 bits per heavy atom. The largest absolute Gasteiger partial charge is 0.493 e. The summed E-state index contributed by atoms with van der Waals surface area (Å²) in [5, 5.41) is 2.72. The van der Waals surface area contributed by atoms with Gasteiger partial charge >= 0.3 is 0 Å². The number of anilines is 1. The summed E-state index contributed by atoms with van der Waals surface area (Å²) in [7, 11) is -0.820. The molecule has 0 spiro atoms. The van der Waals surface area contributed by atoms with Crippen LogP contribution in [0.3, 0.4) is 0 Å². The first-order valence-corrected chi connectivity index (χ1v) is 11.5. The fourth-order valence-electron chi connectivity index (χ4n) is 3.52. The lowest BCUT2D eigenvalue weighted by atomic mass is 10.1. The molecule has 9 nitrogen and oxygen atoms in total. The van der Waals surface area contributed by atoms with Crippen LogP contribution in [0.1, 0.15) is 22.8 Å². The molecule has 1 saturated heterocycles. The molecule has 0 aromatic heterocycles. The SMILES string of the molecule is COc1ccc(S(=O)(=O)N2CCN(C(=O)c3ccc(C)c(NC(C)=O)c3)CC2)cc1OC. The number of sulfonamides is 1. The average molecular weight is 462 g/mol. The van der Waals surface area contributed by atoms with Crippen molar-refractivity contribution in [1.82, 2.24) is 9.21 Å². The number of nitrogens with one attached hydrogen (secondary N) is 1. The molecule has 1 aliphatic rings. The van der Waals surface area contributed by atoms with E-state index in [9.17, 15) is 18.0 Å². The summed E-state index contributed by atoms with van der Waals surface area (Å²) in [5.41, 5.74) is 1.87. The molecule has 1 heterocycles. The first kappa shape index (κ1) is 23.6. The summed E-state index contributed by atoms with van der Waals surface area (Å²) >= 11 is 0. The molecule has 3 rings (SSSR count). The molecule has 172 valence electrons. The fraction of sp³-hybridized carbons (Fsp3) is 0.364. The number of piperazine rings is 1. The van der Waals surface area contributed by atoms with Crippen LogP contribution in [-0.4, -0.2) is 69.8 Å². The molecule has 1 N–H and O–H groups in total. The van der Waals surface area contributed by atoms with Crippen molar-refractivity contribution in [2.45, 2.75) is 18.7 Å². The minimum atomic E-state index is -3.75. The molecule has 0 radical (unpaired) electrons. The van der Waals surface area contributed by atoms with Crippen LogP contribution in [-0.2, 0) is 14.8 Å². The number of hydrogen-bond donors (Lipinski definition) is 1. The molecule has 1 fully saturated rings. The summed E-state index contributed by atoms with van der Waals surface area (Å²) in [6.07, 6.45) is 0. The smallest absolute Gasteiger partial charge is 0.254 e. The molecular weight excluding hydrogens is 434 g/mol. The Kier molecular flexibility index (Phi) is 7.05. The third-order valence-corrected chi connectivity index (χ3v) is 7.21. The Labute approximate surface area is 188 Å². The molecule has 2 aromatic carbocycles. The van der Waals surface area contributed by atoms with Gasteiger partial charge in [-0.2, -0.15) is 4.31 Å². The second-order valence-corrected chi connectivity index (χ2v) is 9.36. The maximum atomic E-state index is 13.1. The van der Waals surface area contributed by atoms with Crippen molar-refractivity contribution in [3.63, 3.8) is 0 Å². The van der Waals surface area contributed by atoms with Crippen LogP contribution < -0.4 is 14.8 Å². The van der Waals surface area contributed by atoms with Gasteiger partial charge in [-0.05, 0) is 36.8 Å². The van der Waals surface area contributed by atoms with Gasteiger partial charge in [0, 0.05) is 50.4 Å². The predicted octanol–water partition coefficient (Wildman–Crippen LogP) is 2.12. The normalized spacial score (nSPS) is 14.7. The summed E-state index contributed by atoms with van der Waals surface area (Å²) in [4.78, 5) is 26.1. The highest BCUT2D eigenvalue weighted by molar-refractivity contribution is 7.89. The summed E-state index contributed by atoms with van der Waals surface area (Å²) in [6, 6.07) is 9.58. The van der Waals surface area contributed by atoms with Crippen LogP contribution in [0.4, 0.5) is 5.69 Å². The number of amides is 2. The average Bonchev–Trinajstić information content (AvgIpc) is 2.79. The summed E-state index contributed by atoms with van der Waals surface area (Å²) < 4.78 is 37.9. The Balaban J connectivity index is 1.72. The van der Waals surface area contributed by atoms with E-state index in [0.717, 1.165) is 5.56 Å². The third kappa shape index (κ3) is 4.86. The highest BCUT2D eigenvalue weighted by Gasteiger charge is 2.31. The fourth-order valence-corrected chi connectivity index (χ4v) is 4.96. The first-order chi connectivity index (χ1) is 15.2. The lowest BCUT2D eigenvalue weighted by molar-refractivity contribution is -0.114. The summed E-state index contributed by atoms with van der Waals surface area (Å²) in [6.45, 7) is 4.12. The molecule has 1 aliphatic heterocycles. The molecule has 0 aliphatic carbocycles. The van der Waals surface area contributed by atoms with Gasteiger partial charge in [0.1, 0.15) is 0 Å². The first-order valence-electron chi connectivity index (χ1n) is 10.1. The van der Waals surface area contributed by atoms with Crippen molar-refractivity contribution < 1.29 is 27.5 Å². The van der Waals surface area contributed by atoms with E-state index >= 15 is 0 Å². The highest BCUT2D eigenvalue weighted by atomic mass is 32.2. The van der Waals surface area contributed by atoms with E-state index in [1.54, 1.807) is 29.2 Å². The molecule has 32 heavy (non-hydrogen) atoms. The molecule has 0 unspecified atom stereocenters. The van der Waals surface area contributed by atoms with Crippen LogP contribution in [0.15, 0.2) is 41.3 Å². The van der Waals surface area contributed by atoms with E-state index in [2.05, 4.69) is 5.32 Å². The van der Waals surface area contributed by atoms with Gasteiger partial charge in [-0.3, -0.25) is 9.59 Å². The second-order valence-electron chi connectivity index (χ2n) is 7.42. The number of benzene rings is 2. The minimum Gasteiger partial charge on any atom is -0.493 e. The summed E-state index contributed by atoms with van der Waals surface area (Å²) in [5.74, 6) is 0.349. The predicted molar refractivity (Wildman–Crippen MR) is 120 cm³/mol. The van der Waals surface area contributed by atoms with Crippen molar-refractivity contribution in [3.05, 3.63) is 47.5 Å². The van der Waals surface area contributed by atoms with Crippen LogP contribution in [0.5, 0.6) is 11.5 Å². The zero-order valence-corrected chi connectivity index (χ0v) is 19.4. The number of aryl methyl sites for hydroxylation is 1. The number of carbonyl (C=O) groups is 2. The number of rotatable bonds is 6. The second kappa shape index (κ2) is 9.58. The van der Waals surface area contributed by atoms with Crippen LogP contribution in [0, 0.1) is 6.92 Å². The molecule has 0 bridgehead atoms. The number of methoxy groups -OCH3 is 2. The molecule has 2 amide bonds. The molecule has 2 aromatic rings. The van der Waals surface area contributed by atoms with Gasteiger partial charge in [0.15, 0.2) is 11.5 Å². The standard InChI is InChI=1S/C22H27N3O6S/c1-15-5-6-17(13-19(15)23-16(2)26)22(27)24-9-11-25(12-10-24)32(28,29)18-7-8-20(30-3)21(14-18)31-4/h5-8,13-14H,9-12H2,1-4H3,(H,23,26). The van der Waals surface area contributed by atoms with Gasteiger partial charge in [-0.1, -0.05) is 6.07 Å². The van der Waals surface area contributed by atoms with Crippen molar-refractivity contribution >= 4 is 27.5 Å². The number of carbonyl (C=O) groups excluding carboxylic acids is 2. The quantitative estimate of drug-likeness (QED) is 0.707. The lowest BCUT2D eigenvalue weighted by Crippen LogP contribution is -2.50. The Bertz CT molecular complexity index is 1120. The Morgan fingerprint density at radius 3 is 2.19 bits per heavy atom. The van der Waals surface area contributed by atoms with Crippen molar-refractivity contribution in [2.75, 3.05) is 45.7 Å². The van der Waals surface area contributed by atoms with Crippen molar-refractivity contribution in [1.29, 1.82) is 0 Å². The van der Waals surface area contributed by atoms with Gasteiger partial charge < -0.3 is 19.7 Å². The van der Waals surface area contributed by atoms with Gasteiger partial charge in [0.2, 0.25) is 15.9 Å². The monoisotopic (exact) mass is 461 g/mol. The van der Waals surface area contributed by atoms with Gasteiger partial charge in [-0.15, -0.1) is 0 Å². The van der Waals surface area contributed by atoms with E-state index in [4.69, 9.17) is 9.47 Å². The van der Waals surface area contributed by atoms with Crippen molar-refractivity contribution in [2.24, 2.45) is 0 Å². The van der Waals surface area contributed by atoms with E-state index in [1.165, 1.54) is 37.6 Å². The molecule has 10 heteroatoms. The van der Waals surface area contributed by atoms with Crippen molar-refractivity contribution in [3.8, 4) is 11.5 Å². The zero-order chi connectivity index (χ0) is 23.5. The third-order valence-electron chi connectivity index (χ3n) is 5.31. The minimum absolute atomic E-state index is 0.105.